The summed E-state index contributed by atoms with van der Waals surface area (Å²) in [5.74, 6) is 0. The van der Waals surface area contributed by atoms with Gasteiger partial charge in [-0.25, -0.2) is 0 Å². The number of rotatable bonds is 1. The summed E-state index contributed by atoms with van der Waals surface area (Å²) >= 11 is 0. The molecular weight excluding hydrogens is 217 g/mol. The van der Waals surface area contributed by atoms with Gasteiger partial charge < -0.3 is 11.1 Å². The van der Waals surface area contributed by atoms with Crippen molar-refractivity contribution in [1.29, 1.82) is 0 Å². The average Bonchev–Trinajstić information content (AvgIpc) is 2.58. The van der Waals surface area contributed by atoms with Gasteiger partial charge in [-0.05, 0) is 37.1 Å². The van der Waals surface area contributed by atoms with Crippen LogP contribution in [-0.4, -0.2) is 12.1 Å². The van der Waals surface area contributed by atoms with Gasteiger partial charge in [0.15, 0.2) is 0 Å². The van der Waals surface area contributed by atoms with Crippen molar-refractivity contribution in [3.63, 3.8) is 0 Å². The molecule has 1 aromatic carbocycles. The fourth-order valence-electron chi connectivity index (χ4n) is 1.88. The number of benzene rings is 1. The SMILES string of the molecule is CC(N)C1Cc2cc(C(F)(F)F)ccc2N1. The number of anilines is 1. The van der Waals surface area contributed by atoms with E-state index in [4.69, 9.17) is 5.73 Å². The van der Waals surface area contributed by atoms with Crippen LogP contribution in [0.5, 0.6) is 0 Å². The molecule has 1 heterocycles. The van der Waals surface area contributed by atoms with Gasteiger partial charge in [-0.3, -0.25) is 0 Å². The summed E-state index contributed by atoms with van der Waals surface area (Å²) in [5.41, 5.74) is 6.57. The largest absolute Gasteiger partial charge is 0.416 e. The van der Waals surface area contributed by atoms with Crippen LogP contribution < -0.4 is 11.1 Å². The van der Waals surface area contributed by atoms with Crippen molar-refractivity contribution < 1.29 is 13.2 Å². The minimum atomic E-state index is -4.28. The van der Waals surface area contributed by atoms with Crippen molar-refractivity contribution in [2.24, 2.45) is 5.73 Å². The van der Waals surface area contributed by atoms with E-state index in [0.29, 0.717) is 12.0 Å². The lowest BCUT2D eigenvalue weighted by Gasteiger charge is -2.14. The first-order chi connectivity index (χ1) is 7.38. The third-order valence-electron chi connectivity index (χ3n) is 2.85. The molecule has 1 aliphatic rings. The first kappa shape index (κ1) is 11.3. The van der Waals surface area contributed by atoms with Gasteiger partial charge in [-0.1, -0.05) is 0 Å². The summed E-state index contributed by atoms with van der Waals surface area (Å²) < 4.78 is 37.4. The second-order valence-corrected chi connectivity index (χ2v) is 4.18. The highest BCUT2D eigenvalue weighted by Crippen LogP contribution is 2.34. The molecule has 2 rings (SSSR count). The van der Waals surface area contributed by atoms with Crippen LogP contribution >= 0.6 is 0 Å². The van der Waals surface area contributed by atoms with Gasteiger partial charge in [0.25, 0.3) is 0 Å². The molecule has 0 amide bonds. The smallest absolute Gasteiger partial charge is 0.380 e. The summed E-state index contributed by atoms with van der Waals surface area (Å²) in [5, 5.41) is 3.12. The van der Waals surface area contributed by atoms with E-state index in [9.17, 15) is 13.2 Å². The predicted octanol–water partition coefficient (Wildman–Crippen LogP) is 2.39. The first-order valence-electron chi connectivity index (χ1n) is 5.10. The molecule has 0 radical (unpaired) electrons. The van der Waals surface area contributed by atoms with E-state index in [-0.39, 0.29) is 12.1 Å². The molecular formula is C11H13F3N2. The maximum Gasteiger partial charge on any atom is 0.416 e. The molecule has 1 aliphatic heterocycles. The van der Waals surface area contributed by atoms with Gasteiger partial charge in [0.2, 0.25) is 0 Å². The molecule has 0 saturated heterocycles. The molecule has 0 saturated carbocycles. The lowest BCUT2D eigenvalue weighted by Crippen LogP contribution is -2.36. The summed E-state index contributed by atoms with van der Waals surface area (Å²) in [7, 11) is 0. The Morgan fingerprint density at radius 2 is 2.12 bits per heavy atom. The van der Waals surface area contributed by atoms with Crippen molar-refractivity contribution in [3.05, 3.63) is 29.3 Å². The molecule has 2 unspecified atom stereocenters. The Balaban J connectivity index is 2.28. The van der Waals surface area contributed by atoms with Gasteiger partial charge in [0.1, 0.15) is 0 Å². The second-order valence-electron chi connectivity index (χ2n) is 4.18. The minimum absolute atomic E-state index is 0.0264. The topological polar surface area (TPSA) is 38.0 Å². The van der Waals surface area contributed by atoms with E-state index in [1.807, 2.05) is 6.92 Å². The minimum Gasteiger partial charge on any atom is -0.380 e. The Bertz CT molecular complexity index is 399. The quantitative estimate of drug-likeness (QED) is 0.777. The van der Waals surface area contributed by atoms with Crippen LogP contribution in [0.4, 0.5) is 18.9 Å². The van der Waals surface area contributed by atoms with Gasteiger partial charge >= 0.3 is 6.18 Å². The molecule has 88 valence electrons. The van der Waals surface area contributed by atoms with Crippen LogP contribution in [0.3, 0.4) is 0 Å². The van der Waals surface area contributed by atoms with Crippen LogP contribution in [0.2, 0.25) is 0 Å². The van der Waals surface area contributed by atoms with E-state index in [1.54, 1.807) is 0 Å². The Morgan fingerprint density at radius 3 is 2.69 bits per heavy atom. The zero-order chi connectivity index (χ0) is 11.9. The van der Waals surface area contributed by atoms with Crippen LogP contribution in [0.25, 0.3) is 0 Å². The molecule has 1 aromatic rings. The van der Waals surface area contributed by atoms with Crippen molar-refractivity contribution in [1.82, 2.24) is 0 Å². The van der Waals surface area contributed by atoms with E-state index >= 15 is 0 Å². The van der Waals surface area contributed by atoms with Gasteiger partial charge in [-0.2, -0.15) is 13.2 Å². The lowest BCUT2D eigenvalue weighted by atomic mass is 10.0. The molecule has 0 spiro atoms. The van der Waals surface area contributed by atoms with Crippen LogP contribution in [0.1, 0.15) is 18.1 Å². The zero-order valence-corrected chi connectivity index (χ0v) is 8.81. The highest BCUT2D eigenvalue weighted by atomic mass is 19.4. The predicted molar refractivity (Wildman–Crippen MR) is 56.2 cm³/mol. The zero-order valence-electron chi connectivity index (χ0n) is 8.81. The molecule has 3 N–H and O–H groups in total. The Morgan fingerprint density at radius 1 is 1.44 bits per heavy atom. The molecule has 0 bridgehead atoms. The summed E-state index contributed by atoms with van der Waals surface area (Å²) in [6, 6.07) is 3.71. The summed E-state index contributed by atoms with van der Waals surface area (Å²) in [6.45, 7) is 1.84. The Labute approximate surface area is 91.6 Å². The molecule has 0 fully saturated rings. The van der Waals surface area contributed by atoms with Crippen LogP contribution in [0, 0.1) is 0 Å². The molecule has 2 atom stereocenters. The van der Waals surface area contributed by atoms with E-state index < -0.39 is 11.7 Å². The number of nitrogens with two attached hydrogens (primary N) is 1. The highest BCUT2D eigenvalue weighted by Gasteiger charge is 2.32. The molecule has 16 heavy (non-hydrogen) atoms. The third-order valence-corrected chi connectivity index (χ3v) is 2.85. The van der Waals surface area contributed by atoms with Crippen molar-refractivity contribution in [2.45, 2.75) is 31.6 Å². The monoisotopic (exact) mass is 230 g/mol. The number of nitrogens with one attached hydrogen (secondary N) is 1. The molecule has 0 aliphatic carbocycles. The normalized spacial score (nSPS) is 21.4. The third kappa shape index (κ3) is 2.00. The summed E-state index contributed by atoms with van der Waals surface area (Å²) in [6.07, 6.45) is -3.72. The van der Waals surface area contributed by atoms with Crippen molar-refractivity contribution in [3.8, 4) is 0 Å². The molecule has 2 nitrogen and oxygen atoms in total. The van der Waals surface area contributed by atoms with Gasteiger partial charge in [0, 0.05) is 17.8 Å². The van der Waals surface area contributed by atoms with Gasteiger partial charge in [-0.15, -0.1) is 0 Å². The number of hydrogen-bond donors (Lipinski definition) is 2. The second kappa shape index (κ2) is 3.66. The van der Waals surface area contributed by atoms with E-state index in [0.717, 1.165) is 11.8 Å². The van der Waals surface area contributed by atoms with Crippen LogP contribution in [0.15, 0.2) is 18.2 Å². The fourth-order valence-corrected chi connectivity index (χ4v) is 1.88. The van der Waals surface area contributed by atoms with Crippen LogP contribution in [-0.2, 0) is 12.6 Å². The molecule has 0 aromatic heterocycles. The number of fused-ring (bicyclic) bond motifs is 1. The maximum absolute atomic E-state index is 12.5. The lowest BCUT2D eigenvalue weighted by molar-refractivity contribution is -0.137. The van der Waals surface area contributed by atoms with Crippen molar-refractivity contribution >= 4 is 5.69 Å². The van der Waals surface area contributed by atoms with E-state index in [1.165, 1.54) is 12.1 Å². The number of halogens is 3. The Kier molecular flexibility index (Phi) is 2.58. The Hall–Kier alpha value is -1.23. The summed E-state index contributed by atoms with van der Waals surface area (Å²) in [4.78, 5) is 0. The number of hydrogen-bond acceptors (Lipinski definition) is 2. The standard InChI is InChI=1S/C11H13F3N2/c1-6(15)10-5-7-4-8(11(12,13)14)2-3-9(7)16-10/h2-4,6,10,16H,5,15H2,1H3. The highest BCUT2D eigenvalue weighted by molar-refractivity contribution is 5.58. The van der Waals surface area contributed by atoms with E-state index in [2.05, 4.69) is 5.32 Å². The van der Waals surface area contributed by atoms with Gasteiger partial charge in [0.05, 0.1) is 5.56 Å². The fraction of sp³-hybridized carbons (Fsp3) is 0.455. The number of alkyl halides is 3. The molecule has 5 heteroatoms. The maximum atomic E-state index is 12.5. The first-order valence-corrected chi connectivity index (χ1v) is 5.10. The average molecular weight is 230 g/mol. The van der Waals surface area contributed by atoms with Crippen molar-refractivity contribution in [2.75, 3.05) is 5.32 Å².